The van der Waals surface area contributed by atoms with E-state index in [1.165, 1.54) is 0 Å². The second kappa shape index (κ2) is 5.63. The molecule has 4 nitrogen and oxygen atoms in total. The van der Waals surface area contributed by atoms with E-state index in [0.29, 0.717) is 14.3 Å². The Balaban J connectivity index is 6.30. The van der Waals surface area contributed by atoms with E-state index in [1.807, 2.05) is 31.4 Å². The second-order valence-electron chi connectivity index (χ2n) is 9.38. The molecule has 0 aliphatic rings. The number of nitrogens with two attached hydrogens (primary N) is 4. The number of hydrogen-bond acceptors (Lipinski definition) is 4. The summed E-state index contributed by atoms with van der Waals surface area (Å²) in [5.74, 6) is 0. The molecule has 0 fully saturated rings. The molecule has 110 valence electrons. The van der Waals surface area contributed by atoms with Gasteiger partial charge in [0, 0.05) is 0 Å². The van der Waals surface area contributed by atoms with Crippen molar-refractivity contribution in [2.45, 2.75) is 22.1 Å². The zero-order chi connectivity index (χ0) is 16.6. The average molecular weight is 457 g/mol. The van der Waals surface area contributed by atoms with Gasteiger partial charge in [0.05, 0.1) is 0 Å². The van der Waals surface area contributed by atoms with Gasteiger partial charge in [0.25, 0.3) is 0 Å². The maximum absolute atomic E-state index is 5.94. The molecule has 0 saturated heterocycles. The Kier molecular flexibility index (Phi) is 5.79. The first-order chi connectivity index (χ1) is 8.57. The van der Waals surface area contributed by atoms with Gasteiger partial charge in [0.1, 0.15) is 0 Å². The van der Waals surface area contributed by atoms with Crippen LogP contribution in [0.4, 0.5) is 0 Å². The van der Waals surface area contributed by atoms with E-state index in [2.05, 4.69) is 0 Å². The van der Waals surface area contributed by atoms with Gasteiger partial charge in [-0.2, -0.15) is 0 Å². The molecule has 0 aromatic rings. The van der Waals surface area contributed by atoms with Crippen LogP contribution in [0.3, 0.4) is 0 Å². The standard InChI is InChI=1S/C2H2.4CH2NS.4CH3.2Zn/c1-2;4*2-1-3;;;;;;/h1-2H;4*(H2,2,3);4*1H3;;. The summed E-state index contributed by atoms with van der Waals surface area (Å²) < 4.78 is 5.48. The molecule has 0 saturated carbocycles. The first-order valence-corrected chi connectivity index (χ1v) is 30.2. The first-order valence-electron chi connectivity index (χ1n) is 7.36. The molecule has 0 aliphatic carbocycles. The Bertz CT molecular complexity index is 469. The van der Waals surface area contributed by atoms with Gasteiger partial charge in [-0.25, -0.2) is 0 Å². The molecule has 0 aromatic carbocycles. The molecule has 0 rings (SSSR count). The molecular weight excluding hydrogens is 435 g/mol. The van der Waals surface area contributed by atoms with Gasteiger partial charge in [0.15, 0.2) is 0 Å². The fourth-order valence-corrected chi connectivity index (χ4v) is 37.4. The summed E-state index contributed by atoms with van der Waals surface area (Å²) in [6.07, 6.45) is 0. The van der Waals surface area contributed by atoms with E-state index in [4.69, 9.17) is 71.8 Å². The van der Waals surface area contributed by atoms with Crippen LogP contribution >= 0.6 is 48.9 Å². The van der Waals surface area contributed by atoms with E-state index >= 15 is 0 Å². The summed E-state index contributed by atoms with van der Waals surface area (Å²) in [6.45, 7) is 0. The van der Waals surface area contributed by atoms with Crippen molar-refractivity contribution >= 4 is 63.2 Å². The van der Waals surface area contributed by atoms with Gasteiger partial charge in [0.2, 0.25) is 0 Å². The minimum absolute atomic E-state index is 0.381. The second-order valence-corrected chi connectivity index (χ2v) is 53.7. The molecule has 10 heteroatoms. The Morgan fingerprint density at radius 2 is 0.750 bits per heavy atom. The van der Waals surface area contributed by atoms with Gasteiger partial charge in [-0.15, -0.1) is 0 Å². The van der Waals surface area contributed by atoms with Crippen LogP contribution in [-0.2, 0) is 27.2 Å². The molecule has 0 amide bonds. The monoisotopic (exact) mass is 454 g/mol. The molecule has 0 atom stereocenters. The normalized spacial score (nSPS) is 14.1. The average Bonchev–Trinajstić information content (AvgIpc) is 2.26. The fraction of sp³-hybridized carbons (Fsp3) is 0.400. The quantitative estimate of drug-likeness (QED) is 0.355. The molecule has 20 heavy (non-hydrogen) atoms. The summed E-state index contributed by atoms with van der Waals surface area (Å²) in [5, 5.41) is 0. The zero-order valence-corrected chi connectivity index (χ0v) is 21.7. The molecule has 0 aliphatic heterocycles. The van der Waals surface area contributed by atoms with Crippen LogP contribution in [0.25, 0.3) is 0 Å². The van der Waals surface area contributed by atoms with Crippen molar-refractivity contribution < 1.29 is 27.2 Å². The fourth-order valence-electron chi connectivity index (χ4n) is 1.81. The van der Waals surface area contributed by atoms with E-state index in [9.17, 15) is 0 Å². The van der Waals surface area contributed by atoms with E-state index in [0.717, 1.165) is 0 Å². The van der Waals surface area contributed by atoms with Crippen LogP contribution < -0.4 is 22.9 Å². The maximum atomic E-state index is 5.94. The number of hydrogen-bond donors (Lipinski definition) is 4. The van der Waals surface area contributed by atoms with E-state index in [-0.39, 0.29) is 0 Å². The molecule has 0 bridgehead atoms. The molecule has 0 spiro atoms. The minimum atomic E-state index is -4.06. The summed E-state index contributed by atoms with van der Waals surface area (Å²) in [5.41, 5.74) is 31.7. The molecule has 0 unspecified atom stereocenters. The van der Waals surface area contributed by atoms with Crippen molar-refractivity contribution in [2.24, 2.45) is 22.9 Å². The molecule has 0 aromatic heterocycles. The predicted octanol–water partition coefficient (Wildman–Crippen LogP) is 2.00. The van der Waals surface area contributed by atoms with Crippen molar-refractivity contribution in [1.82, 2.24) is 0 Å². The van der Waals surface area contributed by atoms with Gasteiger partial charge in [-0.3, -0.25) is 0 Å². The third-order valence-corrected chi connectivity index (χ3v) is 52.6. The van der Waals surface area contributed by atoms with Crippen LogP contribution in [0.5, 0.6) is 0 Å². The summed E-state index contributed by atoms with van der Waals surface area (Å²) in [7, 11) is 0. The van der Waals surface area contributed by atoms with Gasteiger partial charge in [-0.05, 0) is 0 Å². The van der Waals surface area contributed by atoms with Crippen molar-refractivity contribution in [3.05, 3.63) is 9.34 Å². The van der Waals surface area contributed by atoms with Crippen molar-refractivity contribution in [2.75, 3.05) is 0 Å². The summed E-state index contributed by atoms with van der Waals surface area (Å²) >= 11 is 12.8. The van der Waals surface area contributed by atoms with Crippen LogP contribution in [0.1, 0.15) is 0 Å². The molecular formula is C10H22N4S4Zn2. The summed E-state index contributed by atoms with van der Waals surface area (Å²) in [4.78, 5) is 0. The van der Waals surface area contributed by atoms with Gasteiger partial charge in [-0.1, -0.05) is 0 Å². The zero-order valence-electron chi connectivity index (χ0n) is 12.5. The third kappa shape index (κ3) is 3.31. The Labute approximate surface area is 143 Å². The van der Waals surface area contributed by atoms with E-state index < -0.39 is 27.2 Å². The Morgan fingerprint density at radius 1 is 0.600 bits per heavy atom. The molecule has 8 N–H and O–H groups in total. The van der Waals surface area contributed by atoms with Crippen LogP contribution in [-0.4, -0.2) is 14.3 Å². The topological polar surface area (TPSA) is 104 Å². The molecule has 0 heterocycles. The molecule has 0 radical (unpaired) electrons. The third-order valence-electron chi connectivity index (χ3n) is 5.87. The van der Waals surface area contributed by atoms with Gasteiger partial charge < -0.3 is 0 Å². The van der Waals surface area contributed by atoms with Gasteiger partial charge >= 0.3 is 145 Å². The van der Waals surface area contributed by atoms with E-state index in [1.54, 1.807) is 0 Å². The van der Waals surface area contributed by atoms with Crippen molar-refractivity contribution in [1.29, 1.82) is 0 Å². The van der Waals surface area contributed by atoms with Crippen LogP contribution in [0, 0.1) is 0 Å². The first kappa shape index (κ1) is 20.5. The van der Waals surface area contributed by atoms with Crippen LogP contribution in [0.15, 0.2) is 9.34 Å². The number of rotatable bonds is 6. The SMILES string of the molecule is [CH3][Zn]([CH3])([CH]=[CH][Zn]([CH3])([CH3])([C](N)=S)[C](N)=S)([C](N)=S)[C](N)=S. The Morgan fingerprint density at radius 3 is 0.850 bits per heavy atom. The predicted molar refractivity (Wildman–Crippen MR) is 99.7 cm³/mol. The Hall–Kier alpha value is 0.547. The summed E-state index contributed by atoms with van der Waals surface area (Å²) in [6, 6.07) is 0. The number of thiocarbonyl (C=S) groups is 4. The van der Waals surface area contributed by atoms with Crippen LogP contribution in [0.2, 0.25) is 22.1 Å². The van der Waals surface area contributed by atoms with Crippen molar-refractivity contribution in [3.63, 3.8) is 0 Å². The van der Waals surface area contributed by atoms with Crippen molar-refractivity contribution in [3.8, 4) is 0 Å².